The Morgan fingerprint density at radius 3 is 1.90 bits per heavy atom. The van der Waals surface area contributed by atoms with Crippen molar-refractivity contribution in [2.24, 2.45) is 0 Å². The van der Waals surface area contributed by atoms with Gasteiger partial charge in [0.2, 0.25) is 0 Å². The zero-order valence-electron chi connectivity index (χ0n) is 19.8. The molecule has 170 valence electrons. The maximum Gasteiger partial charge on any atom is 0.495 e. The van der Waals surface area contributed by atoms with Crippen LogP contribution in [0.15, 0.2) is 18.2 Å². The van der Waals surface area contributed by atoms with E-state index in [9.17, 15) is 13.2 Å². The highest BCUT2D eigenvalue weighted by Crippen LogP contribution is 2.38. The zero-order chi connectivity index (χ0) is 23.4. The minimum Gasteiger partial charge on any atom is -0.399 e. The molecule has 0 spiro atoms. The van der Waals surface area contributed by atoms with Crippen molar-refractivity contribution in [2.75, 3.05) is 0 Å². The fourth-order valence-corrected chi connectivity index (χ4v) is 8.34. The lowest BCUT2D eigenvalue weighted by atomic mass is 9.76. The van der Waals surface area contributed by atoms with E-state index in [0.29, 0.717) is 16.4 Å². The molecule has 1 saturated heterocycles. The van der Waals surface area contributed by atoms with Crippen LogP contribution in [0.3, 0.4) is 0 Å². The molecule has 1 aliphatic rings. The molecule has 1 fully saturated rings. The van der Waals surface area contributed by atoms with Crippen molar-refractivity contribution >= 4 is 36.7 Å². The first-order valence-electron chi connectivity index (χ1n) is 11.1. The SMILES string of the molecule is CC[Si](CC)(CC)c1cc(C(F)(F)F)cc2c(B3OC(C)(C)C(C)(C)O3)cc(C)nc12. The van der Waals surface area contributed by atoms with E-state index in [0.717, 1.165) is 29.0 Å². The first-order valence-corrected chi connectivity index (χ1v) is 13.7. The summed E-state index contributed by atoms with van der Waals surface area (Å²) in [6.45, 7) is 15.9. The lowest BCUT2D eigenvalue weighted by molar-refractivity contribution is -0.137. The van der Waals surface area contributed by atoms with Crippen LogP contribution in [0.2, 0.25) is 18.1 Å². The van der Waals surface area contributed by atoms with Gasteiger partial charge in [-0.2, -0.15) is 13.2 Å². The van der Waals surface area contributed by atoms with Crippen molar-refractivity contribution in [3.8, 4) is 0 Å². The third-order valence-electron chi connectivity index (χ3n) is 7.51. The van der Waals surface area contributed by atoms with Crippen molar-refractivity contribution in [1.82, 2.24) is 4.98 Å². The third-order valence-corrected chi connectivity index (χ3v) is 13.1. The number of pyridine rings is 1. The summed E-state index contributed by atoms with van der Waals surface area (Å²) in [5.41, 5.74) is 0.269. The lowest BCUT2D eigenvalue weighted by Gasteiger charge is -2.32. The van der Waals surface area contributed by atoms with Gasteiger partial charge in [0, 0.05) is 11.1 Å². The van der Waals surface area contributed by atoms with Gasteiger partial charge in [0.25, 0.3) is 0 Å². The zero-order valence-corrected chi connectivity index (χ0v) is 20.8. The monoisotopic (exact) mass is 451 g/mol. The smallest absolute Gasteiger partial charge is 0.399 e. The van der Waals surface area contributed by atoms with Crippen molar-refractivity contribution < 1.29 is 22.5 Å². The molecule has 0 unspecified atom stereocenters. The minimum atomic E-state index is -4.43. The van der Waals surface area contributed by atoms with Gasteiger partial charge in [-0.25, -0.2) is 0 Å². The van der Waals surface area contributed by atoms with Crippen LogP contribution in [0.5, 0.6) is 0 Å². The van der Waals surface area contributed by atoms with E-state index < -0.39 is 38.1 Å². The van der Waals surface area contributed by atoms with E-state index in [1.165, 1.54) is 12.1 Å². The lowest BCUT2D eigenvalue weighted by Crippen LogP contribution is -2.47. The van der Waals surface area contributed by atoms with Crippen LogP contribution in [-0.2, 0) is 15.5 Å². The Kier molecular flexibility index (Phi) is 6.17. The van der Waals surface area contributed by atoms with E-state index in [2.05, 4.69) is 20.8 Å². The Morgan fingerprint density at radius 2 is 1.45 bits per heavy atom. The second-order valence-corrected chi connectivity index (χ2v) is 14.9. The van der Waals surface area contributed by atoms with Crippen molar-refractivity contribution in [3.63, 3.8) is 0 Å². The number of rotatable bonds is 5. The molecule has 0 N–H and O–H groups in total. The summed E-state index contributed by atoms with van der Waals surface area (Å²) in [6.07, 6.45) is -4.43. The standard InChI is InChI=1S/C23H33BF3NO2Si/c1-9-31(10-2,11-3)19-14-16(23(25,26)27)13-17-18(12-15(4)28-20(17)19)24-29-21(5,6)22(7,8)30-24/h12-14H,9-11H2,1-8H3. The van der Waals surface area contributed by atoms with E-state index in [1.807, 2.05) is 40.7 Å². The molecule has 3 nitrogen and oxygen atoms in total. The summed E-state index contributed by atoms with van der Waals surface area (Å²) in [5.74, 6) is 0. The molecule has 3 rings (SSSR count). The third kappa shape index (κ3) is 4.07. The highest BCUT2D eigenvalue weighted by molar-refractivity contribution is 6.93. The Labute approximate surface area is 184 Å². The summed E-state index contributed by atoms with van der Waals surface area (Å²) >= 11 is 0. The molecule has 2 heterocycles. The predicted molar refractivity (Wildman–Crippen MR) is 124 cm³/mol. The van der Waals surface area contributed by atoms with Gasteiger partial charge in [0.05, 0.1) is 30.4 Å². The largest absolute Gasteiger partial charge is 0.495 e. The number of halogens is 3. The first kappa shape index (κ1) is 24.3. The number of fused-ring (bicyclic) bond motifs is 1. The summed E-state index contributed by atoms with van der Waals surface area (Å²) in [5, 5.41) is 1.28. The highest BCUT2D eigenvalue weighted by Gasteiger charge is 2.52. The van der Waals surface area contributed by atoms with Crippen LogP contribution in [-0.4, -0.2) is 31.4 Å². The number of hydrogen-bond donors (Lipinski definition) is 0. The number of benzene rings is 1. The maximum absolute atomic E-state index is 14.0. The summed E-state index contributed by atoms with van der Waals surface area (Å²) in [4.78, 5) is 4.77. The number of nitrogens with zero attached hydrogens (tertiary/aromatic N) is 1. The van der Waals surface area contributed by atoms with Crippen molar-refractivity contribution in [1.29, 1.82) is 0 Å². The van der Waals surface area contributed by atoms with Crippen LogP contribution in [0.4, 0.5) is 13.2 Å². The van der Waals surface area contributed by atoms with Gasteiger partial charge in [-0.1, -0.05) is 38.9 Å². The van der Waals surface area contributed by atoms with Gasteiger partial charge < -0.3 is 9.31 Å². The van der Waals surface area contributed by atoms with Crippen LogP contribution < -0.4 is 10.6 Å². The van der Waals surface area contributed by atoms with Gasteiger partial charge in [0.15, 0.2) is 0 Å². The van der Waals surface area contributed by atoms with E-state index in [-0.39, 0.29) is 0 Å². The molecule has 0 amide bonds. The van der Waals surface area contributed by atoms with Gasteiger partial charge in [-0.05, 0) is 63.5 Å². The minimum absolute atomic E-state index is 0.487. The summed E-state index contributed by atoms with van der Waals surface area (Å²) < 4.78 is 54.3. The summed E-state index contributed by atoms with van der Waals surface area (Å²) in [7, 11) is -2.90. The van der Waals surface area contributed by atoms with Crippen LogP contribution in [0, 0.1) is 6.92 Å². The molecule has 8 heteroatoms. The van der Waals surface area contributed by atoms with Gasteiger partial charge >= 0.3 is 13.3 Å². The maximum atomic E-state index is 14.0. The van der Waals surface area contributed by atoms with E-state index >= 15 is 0 Å². The Hall–Kier alpha value is -1.38. The topological polar surface area (TPSA) is 31.4 Å². The van der Waals surface area contributed by atoms with Crippen LogP contribution in [0.25, 0.3) is 10.9 Å². The summed E-state index contributed by atoms with van der Waals surface area (Å²) in [6, 6.07) is 7.02. The Morgan fingerprint density at radius 1 is 0.935 bits per heavy atom. The van der Waals surface area contributed by atoms with Gasteiger partial charge in [0.1, 0.15) is 0 Å². The number of aryl methyl sites for hydroxylation is 1. The average molecular weight is 451 g/mol. The fourth-order valence-electron chi connectivity index (χ4n) is 4.54. The molecule has 31 heavy (non-hydrogen) atoms. The molecule has 1 aliphatic heterocycles. The molecule has 0 radical (unpaired) electrons. The van der Waals surface area contributed by atoms with Gasteiger partial charge in [-0.3, -0.25) is 4.98 Å². The second kappa shape index (κ2) is 7.89. The molecule has 0 bridgehead atoms. The number of aromatic nitrogens is 1. The highest BCUT2D eigenvalue weighted by atomic mass is 28.3. The van der Waals surface area contributed by atoms with Crippen molar-refractivity contribution in [3.05, 3.63) is 29.5 Å². The molecular formula is C23H33BF3NO2Si. The number of hydrogen-bond acceptors (Lipinski definition) is 3. The number of alkyl halides is 3. The Balaban J connectivity index is 2.38. The molecule has 1 aromatic carbocycles. The normalized spacial score (nSPS) is 18.7. The predicted octanol–water partition coefficient (Wildman–Crippen LogP) is 5.58. The van der Waals surface area contributed by atoms with Crippen molar-refractivity contribution in [2.45, 2.75) is 90.9 Å². The molecule has 0 atom stereocenters. The molecule has 0 aliphatic carbocycles. The molecule has 2 aromatic rings. The second-order valence-electron chi connectivity index (χ2n) is 9.70. The first-order chi connectivity index (χ1) is 14.2. The van der Waals surface area contributed by atoms with Gasteiger partial charge in [-0.15, -0.1) is 0 Å². The van der Waals surface area contributed by atoms with E-state index in [1.54, 1.807) is 0 Å². The van der Waals surface area contributed by atoms with E-state index in [4.69, 9.17) is 14.3 Å². The quantitative estimate of drug-likeness (QED) is 0.557. The molecule has 0 saturated carbocycles. The molecular weight excluding hydrogens is 418 g/mol. The molecule has 1 aromatic heterocycles. The van der Waals surface area contributed by atoms with Crippen LogP contribution >= 0.6 is 0 Å². The van der Waals surface area contributed by atoms with Crippen LogP contribution in [0.1, 0.15) is 59.7 Å². The average Bonchev–Trinajstić information content (AvgIpc) is 2.89. The Bertz CT molecular complexity index is 963. The fraction of sp³-hybridized carbons (Fsp3) is 0.609.